The lowest BCUT2D eigenvalue weighted by atomic mass is 10.1. The fourth-order valence-electron chi connectivity index (χ4n) is 1.94. The molecule has 2 aromatic rings. The van der Waals surface area contributed by atoms with Gasteiger partial charge in [0.2, 0.25) is 0 Å². The number of rotatable bonds is 5. The van der Waals surface area contributed by atoms with E-state index in [4.69, 9.17) is 4.74 Å². The maximum Gasteiger partial charge on any atom is 0.259 e. The average Bonchev–Trinajstić information content (AvgIpc) is 2.45. The number of pyridine rings is 1. The highest BCUT2D eigenvalue weighted by Crippen LogP contribution is 2.27. The van der Waals surface area contributed by atoms with Crippen molar-refractivity contribution in [1.29, 1.82) is 0 Å². The van der Waals surface area contributed by atoms with Crippen LogP contribution in [0.2, 0.25) is 0 Å². The summed E-state index contributed by atoms with van der Waals surface area (Å²) >= 11 is 0. The van der Waals surface area contributed by atoms with Crippen molar-refractivity contribution in [2.45, 2.75) is 20.3 Å². The van der Waals surface area contributed by atoms with Gasteiger partial charge in [0.15, 0.2) is 5.78 Å². The molecule has 0 bridgehead atoms. The molecule has 4 heteroatoms. The molecule has 2 rings (SSSR count). The van der Waals surface area contributed by atoms with Crippen molar-refractivity contribution in [3.8, 4) is 17.0 Å². The second-order valence-corrected chi connectivity index (χ2v) is 4.52. The van der Waals surface area contributed by atoms with E-state index in [1.165, 1.54) is 6.92 Å². The van der Waals surface area contributed by atoms with Gasteiger partial charge < -0.3 is 9.72 Å². The second-order valence-electron chi connectivity index (χ2n) is 4.52. The second kappa shape index (κ2) is 6.19. The molecule has 0 radical (unpaired) electrons. The third-order valence-electron chi connectivity index (χ3n) is 2.93. The molecular formula is C16H17NO3. The predicted molar refractivity (Wildman–Crippen MR) is 78.3 cm³/mol. The molecule has 1 aromatic heterocycles. The molecular weight excluding hydrogens is 254 g/mol. The van der Waals surface area contributed by atoms with Crippen LogP contribution in [0, 0.1) is 0 Å². The maximum absolute atomic E-state index is 11.9. The van der Waals surface area contributed by atoms with E-state index in [0.29, 0.717) is 12.3 Å². The Bertz CT molecular complexity index is 673. The first kappa shape index (κ1) is 14.1. The molecule has 0 atom stereocenters. The zero-order valence-corrected chi connectivity index (χ0v) is 11.6. The smallest absolute Gasteiger partial charge is 0.259 e. The van der Waals surface area contributed by atoms with Crippen molar-refractivity contribution >= 4 is 5.78 Å². The number of Topliss-reactive ketones (excluding diaryl/α,β-unsaturated/α-hetero) is 1. The lowest BCUT2D eigenvalue weighted by Crippen LogP contribution is -2.16. The van der Waals surface area contributed by atoms with Crippen molar-refractivity contribution in [2.24, 2.45) is 0 Å². The molecule has 0 aliphatic heterocycles. The summed E-state index contributed by atoms with van der Waals surface area (Å²) in [7, 11) is 0. The largest absolute Gasteiger partial charge is 0.493 e. The Morgan fingerprint density at radius 3 is 2.60 bits per heavy atom. The lowest BCUT2D eigenvalue weighted by molar-refractivity contribution is 0.101. The third-order valence-corrected chi connectivity index (χ3v) is 2.93. The van der Waals surface area contributed by atoms with E-state index in [9.17, 15) is 9.59 Å². The van der Waals surface area contributed by atoms with Crippen LogP contribution in [0.3, 0.4) is 0 Å². The van der Waals surface area contributed by atoms with Gasteiger partial charge in [0.05, 0.1) is 17.9 Å². The SMILES string of the molecule is CCCOc1ccccc1-c1ccc(C(C)=O)c(=O)[nH]1. The molecule has 4 nitrogen and oxygen atoms in total. The molecule has 0 unspecified atom stereocenters. The van der Waals surface area contributed by atoms with Crippen LogP contribution in [0.25, 0.3) is 11.3 Å². The van der Waals surface area contributed by atoms with Gasteiger partial charge in [0, 0.05) is 5.56 Å². The van der Waals surface area contributed by atoms with Crippen LogP contribution in [0.1, 0.15) is 30.6 Å². The molecule has 0 aliphatic rings. The summed E-state index contributed by atoms with van der Waals surface area (Å²) in [6, 6.07) is 10.8. The monoisotopic (exact) mass is 271 g/mol. The number of hydrogen-bond donors (Lipinski definition) is 1. The molecule has 0 aliphatic carbocycles. The predicted octanol–water partition coefficient (Wildman–Crippen LogP) is 3.03. The number of benzene rings is 1. The van der Waals surface area contributed by atoms with Crippen LogP contribution in [0.4, 0.5) is 0 Å². The minimum atomic E-state index is -0.375. The molecule has 0 spiro atoms. The number of carbonyl (C=O) groups is 1. The number of hydrogen-bond acceptors (Lipinski definition) is 3. The fraction of sp³-hybridized carbons (Fsp3) is 0.250. The van der Waals surface area contributed by atoms with Crippen molar-refractivity contribution in [3.05, 3.63) is 52.3 Å². The maximum atomic E-state index is 11.9. The van der Waals surface area contributed by atoms with Crippen molar-refractivity contribution in [2.75, 3.05) is 6.61 Å². The van der Waals surface area contributed by atoms with Gasteiger partial charge in [-0.3, -0.25) is 9.59 Å². The van der Waals surface area contributed by atoms with Gasteiger partial charge in [-0.15, -0.1) is 0 Å². The normalized spacial score (nSPS) is 10.3. The first-order valence-electron chi connectivity index (χ1n) is 6.60. The Morgan fingerprint density at radius 2 is 1.95 bits per heavy atom. The molecule has 0 saturated heterocycles. The van der Waals surface area contributed by atoms with E-state index in [-0.39, 0.29) is 16.9 Å². The number of ether oxygens (including phenoxy) is 1. The Balaban J connectivity index is 2.44. The van der Waals surface area contributed by atoms with Crippen LogP contribution in [-0.4, -0.2) is 17.4 Å². The molecule has 104 valence electrons. The average molecular weight is 271 g/mol. The highest BCUT2D eigenvalue weighted by molar-refractivity contribution is 5.93. The Kier molecular flexibility index (Phi) is 4.35. The zero-order valence-electron chi connectivity index (χ0n) is 11.6. The number of aromatic amines is 1. The highest BCUT2D eigenvalue weighted by atomic mass is 16.5. The molecule has 20 heavy (non-hydrogen) atoms. The van der Waals surface area contributed by atoms with Gasteiger partial charge >= 0.3 is 0 Å². The van der Waals surface area contributed by atoms with Crippen LogP contribution in [0.15, 0.2) is 41.2 Å². The summed E-state index contributed by atoms with van der Waals surface area (Å²) in [4.78, 5) is 25.9. The molecule has 0 amide bonds. The van der Waals surface area contributed by atoms with Crippen molar-refractivity contribution in [1.82, 2.24) is 4.98 Å². The van der Waals surface area contributed by atoms with Gasteiger partial charge in [0.25, 0.3) is 5.56 Å². The standard InChI is InChI=1S/C16H17NO3/c1-3-10-20-15-7-5-4-6-13(15)14-9-8-12(11(2)18)16(19)17-14/h4-9H,3,10H2,1-2H3,(H,17,19). The first-order chi connectivity index (χ1) is 9.63. The van der Waals surface area contributed by atoms with E-state index >= 15 is 0 Å². The number of ketones is 1. The number of nitrogens with one attached hydrogen (secondary N) is 1. The van der Waals surface area contributed by atoms with E-state index in [1.807, 2.05) is 31.2 Å². The fourth-order valence-corrected chi connectivity index (χ4v) is 1.94. The molecule has 1 aromatic carbocycles. The van der Waals surface area contributed by atoms with Crippen molar-refractivity contribution < 1.29 is 9.53 Å². The summed E-state index contributed by atoms with van der Waals surface area (Å²) in [5.74, 6) is 0.480. The van der Waals surface area contributed by atoms with E-state index in [1.54, 1.807) is 12.1 Å². The summed E-state index contributed by atoms with van der Waals surface area (Å²) in [6.07, 6.45) is 0.911. The third kappa shape index (κ3) is 2.96. The van der Waals surface area contributed by atoms with Crippen LogP contribution in [-0.2, 0) is 0 Å². The van der Waals surface area contributed by atoms with Gasteiger partial charge in [0.1, 0.15) is 5.75 Å². The van der Waals surface area contributed by atoms with Gasteiger partial charge in [-0.1, -0.05) is 19.1 Å². The van der Waals surface area contributed by atoms with Gasteiger partial charge in [-0.2, -0.15) is 0 Å². The molecule has 0 saturated carbocycles. The number of aromatic nitrogens is 1. The summed E-state index contributed by atoms with van der Waals surface area (Å²) < 4.78 is 5.67. The number of carbonyl (C=O) groups excluding carboxylic acids is 1. The molecule has 0 fully saturated rings. The zero-order chi connectivity index (χ0) is 14.5. The van der Waals surface area contributed by atoms with E-state index in [0.717, 1.165) is 17.7 Å². The van der Waals surface area contributed by atoms with Crippen LogP contribution < -0.4 is 10.3 Å². The number of H-pyrrole nitrogens is 1. The van der Waals surface area contributed by atoms with Gasteiger partial charge in [-0.05, 0) is 37.6 Å². The topological polar surface area (TPSA) is 59.2 Å². The summed E-state index contributed by atoms with van der Waals surface area (Å²) in [5, 5.41) is 0. The highest BCUT2D eigenvalue weighted by Gasteiger charge is 2.10. The summed E-state index contributed by atoms with van der Waals surface area (Å²) in [5.41, 5.74) is 1.25. The van der Waals surface area contributed by atoms with Crippen LogP contribution >= 0.6 is 0 Å². The minimum absolute atomic E-state index is 0.167. The molecule has 1 N–H and O–H groups in total. The lowest BCUT2D eigenvalue weighted by Gasteiger charge is -2.10. The molecule has 1 heterocycles. The van der Waals surface area contributed by atoms with Gasteiger partial charge in [-0.25, -0.2) is 0 Å². The van der Waals surface area contributed by atoms with E-state index < -0.39 is 0 Å². The Labute approximate surface area is 117 Å². The number of para-hydroxylation sites is 1. The van der Waals surface area contributed by atoms with Crippen LogP contribution in [0.5, 0.6) is 5.75 Å². The minimum Gasteiger partial charge on any atom is -0.493 e. The first-order valence-corrected chi connectivity index (χ1v) is 6.60. The van der Waals surface area contributed by atoms with Crippen molar-refractivity contribution in [3.63, 3.8) is 0 Å². The quantitative estimate of drug-likeness (QED) is 0.850. The Morgan fingerprint density at radius 1 is 1.20 bits per heavy atom. The van der Waals surface area contributed by atoms with E-state index in [2.05, 4.69) is 4.98 Å². The summed E-state index contributed by atoms with van der Waals surface area (Å²) in [6.45, 7) is 4.03. The Hall–Kier alpha value is -2.36.